The standard InChI is InChI=1S/C16H14.C4H6O2/c1-3-13-11-8-12-16(15(13)4-2)14-9-6-5-7-10-14;1-3-4(5)6-2/h3-12H,1-2H2;3H,1H2,2H3. The van der Waals surface area contributed by atoms with Gasteiger partial charge in [0, 0.05) is 6.08 Å². The summed E-state index contributed by atoms with van der Waals surface area (Å²) in [7, 11) is 1.31. The highest BCUT2D eigenvalue weighted by atomic mass is 16.5. The molecule has 22 heavy (non-hydrogen) atoms. The van der Waals surface area contributed by atoms with Gasteiger partial charge in [-0.25, -0.2) is 4.79 Å². The second-order valence-corrected chi connectivity index (χ2v) is 4.31. The summed E-state index contributed by atoms with van der Waals surface area (Å²) in [6, 6.07) is 16.5. The molecule has 0 saturated carbocycles. The van der Waals surface area contributed by atoms with Crippen LogP contribution in [0.1, 0.15) is 11.1 Å². The summed E-state index contributed by atoms with van der Waals surface area (Å²) in [6.45, 7) is 10.9. The van der Waals surface area contributed by atoms with E-state index in [2.05, 4.69) is 48.7 Å². The Morgan fingerprint density at radius 1 is 0.955 bits per heavy atom. The molecule has 2 aromatic rings. The van der Waals surface area contributed by atoms with Crippen molar-refractivity contribution < 1.29 is 9.53 Å². The zero-order valence-corrected chi connectivity index (χ0v) is 12.8. The average Bonchev–Trinajstić information content (AvgIpc) is 2.61. The Morgan fingerprint density at radius 2 is 1.64 bits per heavy atom. The van der Waals surface area contributed by atoms with Crippen LogP contribution in [0.15, 0.2) is 74.3 Å². The number of ether oxygens (including phenoxy) is 1. The minimum absolute atomic E-state index is 0.394. The molecule has 0 saturated heterocycles. The Morgan fingerprint density at radius 3 is 2.09 bits per heavy atom. The zero-order chi connectivity index (χ0) is 16.4. The van der Waals surface area contributed by atoms with Gasteiger partial charge < -0.3 is 4.74 Å². The molecule has 0 aliphatic rings. The van der Waals surface area contributed by atoms with Crippen molar-refractivity contribution in [2.24, 2.45) is 0 Å². The van der Waals surface area contributed by atoms with Crippen LogP contribution in [0.5, 0.6) is 0 Å². The third kappa shape index (κ3) is 4.60. The second kappa shape index (κ2) is 9.14. The highest BCUT2D eigenvalue weighted by Crippen LogP contribution is 2.27. The SMILES string of the molecule is C=CC(=O)OC.C=Cc1cccc(-c2ccccc2)c1C=C. The van der Waals surface area contributed by atoms with Crippen molar-refractivity contribution in [3.8, 4) is 11.1 Å². The van der Waals surface area contributed by atoms with E-state index in [0.29, 0.717) is 0 Å². The number of carbonyl (C=O) groups is 1. The molecule has 112 valence electrons. The van der Waals surface area contributed by atoms with Gasteiger partial charge in [-0.15, -0.1) is 0 Å². The molecular formula is C20H20O2. The number of carbonyl (C=O) groups excluding carboxylic acids is 1. The molecule has 2 heteroatoms. The van der Waals surface area contributed by atoms with Crippen LogP contribution in [-0.4, -0.2) is 13.1 Å². The summed E-state index contributed by atoms with van der Waals surface area (Å²) in [5.41, 5.74) is 4.68. The molecule has 0 amide bonds. The predicted octanol–water partition coefficient (Wildman–Crippen LogP) is 4.99. The van der Waals surface area contributed by atoms with E-state index in [0.717, 1.165) is 17.2 Å². The maximum Gasteiger partial charge on any atom is 0.329 e. The fourth-order valence-electron chi connectivity index (χ4n) is 1.94. The fraction of sp³-hybridized carbons (Fsp3) is 0.0500. The van der Waals surface area contributed by atoms with E-state index < -0.39 is 5.97 Å². The number of hydrogen-bond acceptors (Lipinski definition) is 2. The third-order valence-electron chi connectivity index (χ3n) is 3.02. The van der Waals surface area contributed by atoms with Gasteiger partial charge in [-0.2, -0.15) is 0 Å². The van der Waals surface area contributed by atoms with Gasteiger partial charge in [0.05, 0.1) is 7.11 Å². The maximum atomic E-state index is 9.84. The molecule has 0 aliphatic carbocycles. The van der Waals surface area contributed by atoms with Crippen LogP contribution in [0, 0.1) is 0 Å². The molecule has 0 radical (unpaired) electrons. The summed E-state index contributed by atoms with van der Waals surface area (Å²) >= 11 is 0. The van der Waals surface area contributed by atoms with Gasteiger partial charge in [-0.3, -0.25) is 0 Å². The monoisotopic (exact) mass is 292 g/mol. The van der Waals surface area contributed by atoms with Crippen LogP contribution in [0.3, 0.4) is 0 Å². The van der Waals surface area contributed by atoms with Crippen LogP contribution in [-0.2, 0) is 9.53 Å². The average molecular weight is 292 g/mol. The van der Waals surface area contributed by atoms with E-state index in [4.69, 9.17) is 0 Å². The van der Waals surface area contributed by atoms with Crippen molar-refractivity contribution in [2.45, 2.75) is 0 Å². The first-order valence-electron chi connectivity index (χ1n) is 6.81. The van der Waals surface area contributed by atoms with Gasteiger partial charge in [0.1, 0.15) is 0 Å². The van der Waals surface area contributed by atoms with Gasteiger partial charge >= 0.3 is 5.97 Å². The molecular weight excluding hydrogens is 272 g/mol. The first kappa shape index (κ1) is 17.2. The fourth-order valence-corrected chi connectivity index (χ4v) is 1.94. The topological polar surface area (TPSA) is 26.3 Å². The van der Waals surface area contributed by atoms with Crippen LogP contribution >= 0.6 is 0 Å². The molecule has 0 atom stereocenters. The summed E-state index contributed by atoms with van der Waals surface area (Å²) in [6.07, 6.45) is 4.86. The second-order valence-electron chi connectivity index (χ2n) is 4.31. The Hall–Kier alpha value is -2.87. The smallest absolute Gasteiger partial charge is 0.329 e. The largest absolute Gasteiger partial charge is 0.466 e. The van der Waals surface area contributed by atoms with E-state index in [1.807, 2.05) is 36.4 Å². The highest BCUT2D eigenvalue weighted by molar-refractivity contribution is 5.81. The molecule has 0 aromatic heterocycles. The summed E-state index contributed by atoms with van der Waals surface area (Å²) in [5.74, 6) is -0.394. The lowest BCUT2D eigenvalue weighted by Gasteiger charge is -2.09. The normalized spacial score (nSPS) is 8.95. The predicted molar refractivity (Wildman–Crippen MR) is 94.3 cm³/mol. The molecule has 0 N–H and O–H groups in total. The first-order valence-corrected chi connectivity index (χ1v) is 6.81. The Labute approximate surface area is 132 Å². The molecule has 2 nitrogen and oxygen atoms in total. The number of esters is 1. The zero-order valence-electron chi connectivity index (χ0n) is 12.8. The Balaban J connectivity index is 0.000000346. The molecule has 2 rings (SSSR count). The number of hydrogen-bond donors (Lipinski definition) is 0. The molecule has 0 unspecified atom stereocenters. The molecule has 0 aliphatic heterocycles. The van der Waals surface area contributed by atoms with Crippen molar-refractivity contribution in [3.05, 3.63) is 85.5 Å². The lowest BCUT2D eigenvalue weighted by atomic mass is 9.95. The number of rotatable bonds is 4. The summed E-state index contributed by atoms with van der Waals surface area (Å²) in [4.78, 5) is 9.84. The van der Waals surface area contributed by atoms with Gasteiger partial charge in [0.25, 0.3) is 0 Å². The van der Waals surface area contributed by atoms with Gasteiger partial charge in [0.15, 0.2) is 0 Å². The van der Waals surface area contributed by atoms with E-state index in [-0.39, 0.29) is 0 Å². The van der Waals surface area contributed by atoms with Crippen molar-refractivity contribution in [3.63, 3.8) is 0 Å². The van der Waals surface area contributed by atoms with Crippen LogP contribution < -0.4 is 0 Å². The summed E-state index contributed by atoms with van der Waals surface area (Å²) in [5, 5.41) is 0. The summed E-state index contributed by atoms with van der Waals surface area (Å²) < 4.78 is 4.14. The first-order chi connectivity index (χ1) is 10.7. The quantitative estimate of drug-likeness (QED) is 0.586. The van der Waals surface area contributed by atoms with Gasteiger partial charge in [-0.05, 0) is 22.3 Å². The Bertz CT molecular complexity index is 655. The van der Waals surface area contributed by atoms with E-state index in [9.17, 15) is 4.79 Å². The van der Waals surface area contributed by atoms with Crippen molar-refractivity contribution in [2.75, 3.05) is 7.11 Å². The highest BCUT2D eigenvalue weighted by Gasteiger charge is 2.04. The Kier molecular flexibility index (Phi) is 7.14. The molecule has 0 spiro atoms. The maximum absolute atomic E-state index is 9.84. The molecule has 0 heterocycles. The third-order valence-corrected chi connectivity index (χ3v) is 3.02. The van der Waals surface area contributed by atoms with Crippen LogP contribution in [0.25, 0.3) is 23.3 Å². The van der Waals surface area contributed by atoms with E-state index in [1.165, 1.54) is 18.2 Å². The van der Waals surface area contributed by atoms with Gasteiger partial charge in [0.2, 0.25) is 0 Å². The van der Waals surface area contributed by atoms with Gasteiger partial charge in [-0.1, -0.05) is 80.4 Å². The molecule has 2 aromatic carbocycles. The minimum Gasteiger partial charge on any atom is -0.466 e. The molecule has 0 bridgehead atoms. The van der Waals surface area contributed by atoms with Crippen molar-refractivity contribution in [1.29, 1.82) is 0 Å². The van der Waals surface area contributed by atoms with E-state index >= 15 is 0 Å². The number of benzene rings is 2. The minimum atomic E-state index is -0.394. The molecule has 0 fully saturated rings. The number of methoxy groups -OCH3 is 1. The lowest BCUT2D eigenvalue weighted by Crippen LogP contribution is -1.91. The van der Waals surface area contributed by atoms with Crippen molar-refractivity contribution in [1.82, 2.24) is 0 Å². The van der Waals surface area contributed by atoms with E-state index in [1.54, 1.807) is 0 Å². The van der Waals surface area contributed by atoms with Crippen LogP contribution in [0.4, 0.5) is 0 Å². The lowest BCUT2D eigenvalue weighted by molar-refractivity contribution is -0.134. The van der Waals surface area contributed by atoms with Crippen molar-refractivity contribution >= 4 is 18.1 Å². The van der Waals surface area contributed by atoms with Crippen LogP contribution in [0.2, 0.25) is 0 Å².